The van der Waals surface area contributed by atoms with Gasteiger partial charge in [0, 0.05) is 25.2 Å². The van der Waals surface area contributed by atoms with Gasteiger partial charge in [-0.15, -0.1) is 12.4 Å². The molecule has 0 unspecified atom stereocenters. The minimum Gasteiger partial charge on any atom is -0.326 e. The maximum Gasteiger partial charge on any atom is 0.157 e. The molecule has 0 spiro atoms. The Morgan fingerprint density at radius 3 is 2.86 bits per heavy atom. The van der Waals surface area contributed by atoms with Crippen molar-refractivity contribution in [1.82, 2.24) is 14.8 Å². The maximum atomic E-state index is 5.53. The van der Waals surface area contributed by atoms with Gasteiger partial charge >= 0.3 is 0 Å². The van der Waals surface area contributed by atoms with Crippen LogP contribution >= 0.6 is 12.4 Å². The fraction of sp³-hybridized carbons (Fsp3) is 0.333. The van der Waals surface area contributed by atoms with E-state index in [2.05, 4.69) is 10.1 Å². The van der Waals surface area contributed by atoms with Gasteiger partial charge in [0.15, 0.2) is 5.65 Å². The van der Waals surface area contributed by atoms with Crippen LogP contribution in [0.2, 0.25) is 0 Å². The highest BCUT2D eigenvalue weighted by Crippen LogP contribution is 2.15. The standard InChI is InChI=1S/C9H12N4.ClH/c1-6-8-3-7(4-10)5-11-9(8)13(2)12-6;/h3,5H,4,10H2,1-2H3;1H. The molecule has 2 N–H and O–H groups in total. The third-order valence-corrected chi connectivity index (χ3v) is 2.16. The second kappa shape index (κ2) is 3.94. The molecule has 0 fully saturated rings. The topological polar surface area (TPSA) is 56.7 Å². The zero-order valence-corrected chi connectivity index (χ0v) is 9.01. The van der Waals surface area contributed by atoms with E-state index < -0.39 is 0 Å². The van der Waals surface area contributed by atoms with Crippen molar-refractivity contribution in [1.29, 1.82) is 0 Å². The van der Waals surface area contributed by atoms with Crippen LogP contribution in [0.25, 0.3) is 11.0 Å². The van der Waals surface area contributed by atoms with Crippen molar-refractivity contribution >= 4 is 23.4 Å². The summed E-state index contributed by atoms with van der Waals surface area (Å²) < 4.78 is 1.78. The Morgan fingerprint density at radius 1 is 1.50 bits per heavy atom. The molecule has 76 valence electrons. The molecule has 4 nitrogen and oxygen atoms in total. The molecule has 0 saturated heterocycles. The van der Waals surface area contributed by atoms with Gasteiger partial charge in [-0.1, -0.05) is 0 Å². The normalized spacial score (nSPS) is 10.2. The Balaban J connectivity index is 0.000000980. The van der Waals surface area contributed by atoms with Gasteiger partial charge in [0.25, 0.3) is 0 Å². The Morgan fingerprint density at radius 2 is 2.21 bits per heavy atom. The number of pyridine rings is 1. The predicted molar refractivity (Wildman–Crippen MR) is 58.4 cm³/mol. The first-order chi connectivity index (χ1) is 6.22. The van der Waals surface area contributed by atoms with E-state index >= 15 is 0 Å². The number of halogens is 1. The van der Waals surface area contributed by atoms with Crippen LogP contribution in [-0.4, -0.2) is 14.8 Å². The summed E-state index contributed by atoms with van der Waals surface area (Å²) in [4.78, 5) is 4.29. The third-order valence-electron chi connectivity index (χ3n) is 2.16. The summed E-state index contributed by atoms with van der Waals surface area (Å²) in [6, 6.07) is 2.05. The highest BCUT2D eigenvalue weighted by Gasteiger charge is 2.05. The molecule has 0 aliphatic heterocycles. The van der Waals surface area contributed by atoms with Crippen LogP contribution in [-0.2, 0) is 13.6 Å². The first-order valence-corrected chi connectivity index (χ1v) is 4.20. The lowest BCUT2D eigenvalue weighted by atomic mass is 10.2. The lowest BCUT2D eigenvalue weighted by Crippen LogP contribution is -1.97. The number of aromatic nitrogens is 3. The second-order valence-corrected chi connectivity index (χ2v) is 3.13. The van der Waals surface area contributed by atoms with Gasteiger partial charge < -0.3 is 5.73 Å². The van der Waals surface area contributed by atoms with E-state index in [4.69, 9.17) is 5.73 Å². The molecule has 0 aliphatic carbocycles. The number of fused-ring (bicyclic) bond motifs is 1. The lowest BCUT2D eigenvalue weighted by Gasteiger charge is -1.96. The van der Waals surface area contributed by atoms with Crippen LogP contribution < -0.4 is 5.73 Å². The van der Waals surface area contributed by atoms with Crippen molar-refractivity contribution in [3.63, 3.8) is 0 Å². The van der Waals surface area contributed by atoms with Crippen molar-refractivity contribution < 1.29 is 0 Å². The van der Waals surface area contributed by atoms with Gasteiger partial charge in [-0.25, -0.2) is 4.98 Å². The van der Waals surface area contributed by atoms with Gasteiger partial charge in [-0.2, -0.15) is 5.10 Å². The first-order valence-electron chi connectivity index (χ1n) is 4.20. The maximum absolute atomic E-state index is 5.53. The first kappa shape index (κ1) is 10.9. The zero-order chi connectivity index (χ0) is 9.42. The molecular formula is C9H13ClN4. The lowest BCUT2D eigenvalue weighted by molar-refractivity contribution is 0.773. The summed E-state index contributed by atoms with van der Waals surface area (Å²) in [5.74, 6) is 0. The molecule has 0 aliphatic rings. The van der Waals surface area contributed by atoms with E-state index in [9.17, 15) is 0 Å². The van der Waals surface area contributed by atoms with Crippen LogP contribution in [0, 0.1) is 6.92 Å². The van der Waals surface area contributed by atoms with Gasteiger partial charge in [-0.05, 0) is 18.6 Å². The molecule has 0 aromatic carbocycles. The summed E-state index contributed by atoms with van der Waals surface area (Å²) in [6.07, 6.45) is 1.80. The molecule has 0 atom stereocenters. The number of hydrogen-bond acceptors (Lipinski definition) is 3. The van der Waals surface area contributed by atoms with Crippen LogP contribution in [0.15, 0.2) is 12.3 Å². The number of hydrogen-bond donors (Lipinski definition) is 1. The smallest absolute Gasteiger partial charge is 0.157 e. The summed E-state index contributed by atoms with van der Waals surface area (Å²) in [5.41, 5.74) is 8.49. The largest absolute Gasteiger partial charge is 0.326 e. The highest BCUT2D eigenvalue weighted by atomic mass is 35.5. The molecule has 2 heterocycles. The zero-order valence-electron chi connectivity index (χ0n) is 8.19. The van der Waals surface area contributed by atoms with Crippen LogP contribution in [0.5, 0.6) is 0 Å². The van der Waals surface area contributed by atoms with Crippen molar-refractivity contribution in [2.45, 2.75) is 13.5 Å². The molecule has 0 bridgehead atoms. The highest BCUT2D eigenvalue weighted by molar-refractivity contribution is 5.85. The fourth-order valence-corrected chi connectivity index (χ4v) is 1.46. The van der Waals surface area contributed by atoms with E-state index in [1.54, 1.807) is 10.9 Å². The molecule has 14 heavy (non-hydrogen) atoms. The average Bonchev–Trinajstić information content (AvgIpc) is 2.42. The van der Waals surface area contributed by atoms with Crippen molar-refractivity contribution in [3.05, 3.63) is 23.5 Å². The van der Waals surface area contributed by atoms with Gasteiger partial charge in [0.05, 0.1) is 5.69 Å². The van der Waals surface area contributed by atoms with Crippen molar-refractivity contribution in [3.8, 4) is 0 Å². The molecular weight excluding hydrogens is 200 g/mol. The van der Waals surface area contributed by atoms with Gasteiger partial charge in [0.1, 0.15) is 0 Å². The monoisotopic (exact) mass is 212 g/mol. The van der Waals surface area contributed by atoms with Crippen LogP contribution in [0.1, 0.15) is 11.3 Å². The number of nitrogens with zero attached hydrogens (tertiary/aromatic N) is 3. The Labute approximate surface area is 88.5 Å². The van der Waals surface area contributed by atoms with Crippen molar-refractivity contribution in [2.75, 3.05) is 0 Å². The van der Waals surface area contributed by atoms with Crippen LogP contribution in [0.4, 0.5) is 0 Å². The Kier molecular flexibility index (Phi) is 3.08. The summed E-state index contributed by atoms with van der Waals surface area (Å²) in [7, 11) is 1.89. The Bertz CT molecular complexity index is 449. The fourth-order valence-electron chi connectivity index (χ4n) is 1.46. The molecule has 2 aromatic rings. The van der Waals surface area contributed by atoms with E-state index in [0.29, 0.717) is 6.54 Å². The SMILES string of the molecule is Cc1nn(C)c2ncc(CN)cc12.Cl. The minimum atomic E-state index is 0. The van der Waals surface area contributed by atoms with Gasteiger partial charge in [-0.3, -0.25) is 4.68 Å². The molecule has 0 amide bonds. The molecule has 2 rings (SSSR count). The summed E-state index contributed by atoms with van der Waals surface area (Å²) in [6.45, 7) is 2.50. The average molecular weight is 213 g/mol. The quantitative estimate of drug-likeness (QED) is 0.772. The summed E-state index contributed by atoms with van der Waals surface area (Å²) in [5, 5.41) is 5.37. The number of nitrogens with two attached hydrogens (primary N) is 1. The Hall–Kier alpha value is -1.13. The van der Waals surface area contributed by atoms with Crippen LogP contribution in [0.3, 0.4) is 0 Å². The van der Waals surface area contributed by atoms with E-state index in [-0.39, 0.29) is 12.4 Å². The van der Waals surface area contributed by atoms with E-state index in [0.717, 1.165) is 22.3 Å². The second-order valence-electron chi connectivity index (χ2n) is 3.13. The third kappa shape index (κ3) is 1.58. The van der Waals surface area contributed by atoms with E-state index in [1.807, 2.05) is 20.0 Å². The predicted octanol–water partition coefficient (Wildman–Crippen LogP) is 1.16. The number of rotatable bonds is 1. The summed E-state index contributed by atoms with van der Waals surface area (Å²) >= 11 is 0. The van der Waals surface area contributed by atoms with E-state index in [1.165, 1.54) is 0 Å². The molecule has 2 aromatic heterocycles. The van der Waals surface area contributed by atoms with Crippen molar-refractivity contribution in [2.24, 2.45) is 12.8 Å². The molecule has 5 heteroatoms. The molecule has 0 radical (unpaired) electrons. The number of aryl methyl sites for hydroxylation is 2. The minimum absolute atomic E-state index is 0. The van der Waals surface area contributed by atoms with Gasteiger partial charge in [0.2, 0.25) is 0 Å². The molecule has 0 saturated carbocycles.